The van der Waals surface area contributed by atoms with Crippen LogP contribution in [0.1, 0.15) is 11.1 Å². The maximum atomic E-state index is 5.96. The molecular weight excluding hydrogens is 248 g/mol. The highest BCUT2D eigenvalue weighted by atomic mass is 15.0. The number of rotatable bonds is 3. The Morgan fingerprint density at radius 3 is 2.85 bits per heavy atom. The standard InChI is InChI=1S/C16H16N4/c1-11-8-14(17)16(19-9-11)20-10-13-5-2-4-12-6-3-7-18-15(12)13/h2-9H,10,17H2,1H3,(H,19,20). The van der Waals surface area contributed by atoms with E-state index in [4.69, 9.17) is 5.73 Å². The summed E-state index contributed by atoms with van der Waals surface area (Å²) in [6.45, 7) is 2.62. The van der Waals surface area contributed by atoms with Crippen molar-refractivity contribution >= 4 is 22.4 Å². The van der Waals surface area contributed by atoms with E-state index >= 15 is 0 Å². The molecule has 0 fully saturated rings. The molecule has 100 valence electrons. The summed E-state index contributed by atoms with van der Waals surface area (Å²) in [5.74, 6) is 0.712. The van der Waals surface area contributed by atoms with Gasteiger partial charge in [-0.3, -0.25) is 4.98 Å². The van der Waals surface area contributed by atoms with Crippen molar-refractivity contribution < 1.29 is 0 Å². The van der Waals surface area contributed by atoms with E-state index in [1.54, 1.807) is 6.20 Å². The molecule has 4 nitrogen and oxygen atoms in total. The molecule has 0 saturated heterocycles. The predicted octanol–water partition coefficient (Wildman–Crippen LogP) is 3.13. The van der Waals surface area contributed by atoms with Crippen LogP contribution in [0.4, 0.5) is 11.5 Å². The molecule has 0 aliphatic carbocycles. The van der Waals surface area contributed by atoms with Crippen LogP contribution in [0.15, 0.2) is 48.8 Å². The van der Waals surface area contributed by atoms with Crippen LogP contribution in [-0.4, -0.2) is 9.97 Å². The van der Waals surface area contributed by atoms with Crippen molar-refractivity contribution in [3.8, 4) is 0 Å². The lowest BCUT2D eigenvalue weighted by atomic mass is 10.1. The van der Waals surface area contributed by atoms with E-state index in [1.165, 1.54) is 0 Å². The van der Waals surface area contributed by atoms with E-state index in [0.29, 0.717) is 18.1 Å². The van der Waals surface area contributed by atoms with E-state index in [1.807, 2.05) is 31.3 Å². The van der Waals surface area contributed by atoms with Crippen molar-refractivity contribution in [2.24, 2.45) is 0 Å². The summed E-state index contributed by atoms with van der Waals surface area (Å²) in [5.41, 5.74) is 9.82. The summed E-state index contributed by atoms with van der Waals surface area (Å²) in [5, 5.41) is 4.41. The number of pyridine rings is 2. The number of nitrogens with two attached hydrogens (primary N) is 1. The molecule has 1 aromatic carbocycles. The second kappa shape index (κ2) is 5.17. The summed E-state index contributed by atoms with van der Waals surface area (Å²) in [6, 6.07) is 12.1. The minimum absolute atomic E-state index is 0.647. The number of aromatic nitrogens is 2. The lowest BCUT2D eigenvalue weighted by molar-refractivity contribution is 1.11. The molecule has 0 radical (unpaired) electrons. The highest BCUT2D eigenvalue weighted by molar-refractivity contribution is 5.81. The van der Waals surface area contributed by atoms with Gasteiger partial charge in [-0.2, -0.15) is 0 Å². The van der Waals surface area contributed by atoms with Gasteiger partial charge in [0.05, 0.1) is 11.2 Å². The number of nitrogens with zero attached hydrogens (tertiary/aromatic N) is 2. The van der Waals surface area contributed by atoms with Crippen molar-refractivity contribution in [1.29, 1.82) is 0 Å². The molecule has 0 bridgehead atoms. The molecule has 2 heterocycles. The van der Waals surface area contributed by atoms with E-state index in [0.717, 1.165) is 22.0 Å². The number of hydrogen-bond acceptors (Lipinski definition) is 4. The largest absolute Gasteiger partial charge is 0.396 e. The van der Waals surface area contributed by atoms with Gasteiger partial charge in [-0.1, -0.05) is 24.3 Å². The lowest BCUT2D eigenvalue weighted by Gasteiger charge is -2.10. The maximum absolute atomic E-state index is 5.96. The monoisotopic (exact) mass is 264 g/mol. The first kappa shape index (κ1) is 12.4. The van der Waals surface area contributed by atoms with Gasteiger partial charge in [0.25, 0.3) is 0 Å². The lowest BCUT2D eigenvalue weighted by Crippen LogP contribution is -2.05. The van der Waals surface area contributed by atoms with Crippen LogP contribution in [0.3, 0.4) is 0 Å². The van der Waals surface area contributed by atoms with Crippen LogP contribution >= 0.6 is 0 Å². The van der Waals surface area contributed by atoms with Gasteiger partial charge in [0.15, 0.2) is 0 Å². The average molecular weight is 264 g/mol. The molecule has 0 aliphatic rings. The van der Waals surface area contributed by atoms with Gasteiger partial charge < -0.3 is 11.1 Å². The molecule has 0 aliphatic heterocycles. The summed E-state index contributed by atoms with van der Waals surface area (Å²) >= 11 is 0. The van der Waals surface area contributed by atoms with Gasteiger partial charge >= 0.3 is 0 Å². The van der Waals surface area contributed by atoms with Crippen LogP contribution in [0.2, 0.25) is 0 Å². The molecule has 0 saturated carbocycles. The maximum Gasteiger partial charge on any atom is 0.149 e. The minimum Gasteiger partial charge on any atom is -0.396 e. The zero-order chi connectivity index (χ0) is 13.9. The van der Waals surface area contributed by atoms with Crippen molar-refractivity contribution in [3.05, 3.63) is 59.9 Å². The molecular formula is C16H16N4. The highest BCUT2D eigenvalue weighted by Crippen LogP contribution is 2.20. The Bertz CT molecular complexity index is 747. The first-order valence-electron chi connectivity index (χ1n) is 6.52. The molecule has 3 aromatic rings. The van der Waals surface area contributed by atoms with Crippen LogP contribution in [0.5, 0.6) is 0 Å². The minimum atomic E-state index is 0.647. The fourth-order valence-electron chi connectivity index (χ4n) is 2.23. The molecule has 3 rings (SSSR count). The first-order chi connectivity index (χ1) is 9.74. The second-order valence-electron chi connectivity index (χ2n) is 4.80. The fourth-order valence-corrected chi connectivity index (χ4v) is 2.23. The molecule has 0 spiro atoms. The van der Waals surface area contributed by atoms with Crippen molar-refractivity contribution in [2.75, 3.05) is 11.1 Å². The summed E-state index contributed by atoms with van der Waals surface area (Å²) in [4.78, 5) is 8.75. The van der Waals surface area contributed by atoms with Gasteiger partial charge in [-0.25, -0.2) is 4.98 Å². The molecule has 0 unspecified atom stereocenters. The molecule has 20 heavy (non-hydrogen) atoms. The summed E-state index contributed by atoms with van der Waals surface area (Å²) in [6.07, 6.45) is 3.62. The quantitative estimate of drug-likeness (QED) is 0.763. The molecule has 3 N–H and O–H groups in total. The van der Waals surface area contributed by atoms with Gasteiger partial charge in [0, 0.05) is 24.3 Å². The number of aryl methyl sites for hydroxylation is 1. The molecule has 0 atom stereocenters. The molecule has 4 heteroatoms. The Kier molecular flexibility index (Phi) is 3.21. The SMILES string of the molecule is Cc1cnc(NCc2cccc3cccnc23)c(N)c1. The smallest absolute Gasteiger partial charge is 0.149 e. The van der Waals surface area contributed by atoms with Crippen LogP contribution in [-0.2, 0) is 6.54 Å². The number of nitrogen functional groups attached to an aromatic ring is 1. The highest BCUT2D eigenvalue weighted by Gasteiger charge is 2.04. The number of benzene rings is 1. The number of para-hydroxylation sites is 1. The average Bonchev–Trinajstić information content (AvgIpc) is 2.46. The number of anilines is 2. The fraction of sp³-hybridized carbons (Fsp3) is 0.125. The van der Waals surface area contributed by atoms with Crippen LogP contribution in [0, 0.1) is 6.92 Å². The topological polar surface area (TPSA) is 63.8 Å². The predicted molar refractivity (Wildman–Crippen MR) is 82.5 cm³/mol. The first-order valence-corrected chi connectivity index (χ1v) is 6.52. The Balaban J connectivity index is 1.87. The Hall–Kier alpha value is -2.62. The van der Waals surface area contributed by atoms with E-state index in [-0.39, 0.29) is 0 Å². The number of hydrogen-bond donors (Lipinski definition) is 2. The van der Waals surface area contributed by atoms with Crippen LogP contribution in [0.25, 0.3) is 10.9 Å². The Labute approximate surface area is 117 Å². The Morgan fingerprint density at radius 2 is 2.00 bits per heavy atom. The van der Waals surface area contributed by atoms with E-state index in [9.17, 15) is 0 Å². The van der Waals surface area contributed by atoms with E-state index < -0.39 is 0 Å². The summed E-state index contributed by atoms with van der Waals surface area (Å²) in [7, 11) is 0. The van der Waals surface area contributed by atoms with E-state index in [2.05, 4.69) is 33.5 Å². The molecule has 2 aromatic heterocycles. The molecule has 0 amide bonds. The summed E-state index contributed by atoms with van der Waals surface area (Å²) < 4.78 is 0. The third-order valence-corrected chi connectivity index (χ3v) is 3.22. The van der Waals surface area contributed by atoms with Crippen LogP contribution < -0.4 is 11.1 Å². The zero-order valence-electron chi connectivity index (χ0n) is 11.3. The van der Waals surface area contributed by atoms with Crippen molar-refractivity contribution in [3.63, 3.8) is 0 Å². The number of fused-ring (bicyclic) bond motifs is 1. The Morgan fingerprint density at radius 1 is 1.15 bits per heavy atom. The van der Waals surface area contributed by atoms with Gasteiger partial charge in [-0.15, -0.1) is 0 Å². The normalized spacial score (nSPS) is 10.7. The van der Waals surface area contributed by atoms with Gasteiger partial charge in [0.2, 0.25) is 0 Å². The third kappa shape index (κ3) is 2.40. The second-order valence-corrected chi connectivity index (χ2v) is 4.80. The van der Waals surface area contributed by atoms with Crippen molar-refractivity contribution in [1.82, 2.24) is 9.97 Å². The zero-order valence-corrected chi connectivity index (χ0v) is 11.3. The number of nitrogens with one attached hydrogen (secondary N) is 1. The third-order valence-electron chi connectivity index (χ3n) is 3.22. The van der Waals surface area contributed by atoms with Crippen molar-refractivity contribution in [2.45, 2.75) is 13.5 Å². The van der Waals surface area contributed by atoms with Gasteiger partial charge in [0.1, 0.15) is 5.82 Å². The van der Waals surface area contributed by atoms with Gasteiger partial charge in [-0.05, 0) is 30.2 Å².